The Hall–Kier alpha value is -0.480. The van der Waals surface area contributed by atoms with Crippen molar-refractivity contribution >= 4 is 34.2 Å². The molecule has 0 atom stereocenters. The van der Waals surface area contributed by atoms with E-state index in [1.54, 1.807) is 28.7 Å². The molecule has 0 saturated heterocycles. The largest absolute Gasteiger partial charge is 0.281 e. The highest BCUT2D eigenvalue weighted by Gasteiger charge is 2.18. The van der Waals surface area contributed by atoms with Crippen LogP contribution in [0.15, 0.2) is 6.07 Å². The Bertz CT molecular complexity index is 375. The molecular formula is C7H2ClF2IN2. The van der Waals surface area contributed by atoms with Crippen LogP contribution in [0.3, 0.4) is 0 Å². The third-order valence-corrected chi connectivity index (χ3v) is 2.33. The predicted octanol–water partition coefficient (Wildman–Crippen LogP) is 3.15. The molecule has 0 unspecified atom stereocenters. The maximum absolute atomic E-state index is 12.3. The average Bonchev–Trinajstić information content (AvgIpc) is 2.02. The summed E-state index contributed by atoms with van der Waals surface area (Å²) >= 11 is 7.23. The van der Waals surface area contributed by atoms with E-state index in [1.807, 2.05) is 0 Å². The van der Waals surface area contributed by atoms with Crippen molar-refractivity contribution < 1.29 is 8.78 Å². The zero-order valence-electron chi connectivity index (χ0n) is 6.06. The van der Waals surface area contributed by atoms with Gasteiger partial charge in [0.1, 0.15) is 16.9 Å². The zero-order chi connectivity index (χ0) is 10.0. The van der Waals surface area contributed by atoms with Crippen LogP contribution in [0, 0.1) is 14.9 Å². The van der Waals surface area contributed by atoms with Gasteiger partial charge in [-0.3, -0.25) is 0 Å². The van der Waals surface area contributed by atoms with Crippen LogP contribution >= 0.6 is 34.2 Å². The molecule has 0 saturated carbocycles. The second kappa shape index (κ2) is 4.15. The summed E-state index contributed by atoms with van der Waals surface area (Å²) in [6, 6.07) is 3.03. The third kappa shape index (κ3) is 2.25. The molecule has 1 aromatic rings. The van der Waals surface area contributed by atoms with Crippen molar-refractivity contribution in [2.75, 3.05) is 0 Å². The van der Waals surface area contributed by atoms with E-state index in [9.17, 15) is 8.78 Å². The summed E-state index contributed by atoms with van der Waals surface area (Å²) in [5.74, 6) is 0. The van der Waals surface area contributed by atoms with E-state index in [-0.39, 0.29) is 10.7 Å². The lowest BCUT2D eigenvalue weighted by Gasteiger charge is -2.03. The SMILES string of the molecule is N#Cc1c(I)cc(Cl)nc1C(F)F. The van der Waals surface area contributed by atoms with E-state index in [0.717, 1.165) is 0 Å². The minimum atomic E-state index is -2.78. The molecule has 0 amide bonds. The quantitative estimate of drug-likeness (QED) is 0.590. The zero-order valence-corrected chi connectivity index (χ0v) is 8.97. The van der Waals surface area contributed by atoms with Crippen molar-refractivity contribution in [1.82, 2.24) is 4.98 Å². The molecule has 0 aromatic carbocycles. The highest BCUT2D eigenvalue weighted by Crippen LogP contribution is 2.26. The van der Waals surface area contributed by atoms with Crippen LogP contribution in [0.2, 0.25) is 5.15 Å². The van der Waals surface area contributed by atoms with E-state index in [4.69, 9.17) is 16.9 Å². The summed E-state index contributed by atoms with van der Waals surface area (Å²) < 4.78 is 25.0. The average molecular weight is 314 g/mol. The van der Waals surface area contributed by atoms with Gasteiger partial charge in [0.05, 0.1) is 5.56 Å². The van der Waals surface area contributed by atoms with Gasteiger partial charge < -0.3 is 0 Å². The number of hydrogen-bond donors (Lipinski definition) is 0. The van der Waals surface area contributed by atoms with Gasteiger partial charge in [0.15, 0.2) is 0 Å². The van der Waals surface area contributed by atoms with Crippen molar-refractivity contribution in [2.45, 2.75) is 6.43 Å². The van der Waals surface area contributed by atoms with Gasteiger partial charge in [-0.15, -0.1) is 0 Å². The Kier molecular flexibility index (Phi) is 3.39. The minimum absolute atomic E-state index is 0.0290. The van der Waals surface area contributed by atoms with Crippen LogP contribution in [0.5, 0.6) is 0 Å². The number of halogens is 4. The van der Waals surface area contributed by atoms with Gasteiger partial charge >= 0.3 is 0 Å². The molecule has 1 rings (SSSR count). The molecule has 0 bridgehead atoms. The lowest BCUT2D eigenvalue weighted by atomic mass is 10.2. The molecule has 0 aliphatic rings. The molecule has 1 heterocycles. The van der Waals surface area contributed by atoms with Gasteiger partial charge in [0, 0.05) is 3.57 Å². The molecule has 1 aromatic heterocycles. The number of nitrogens with zero attached hydrogens (tertiary/aromatic N) is 2. The van der Waals surface area contributed by atoms with Crippen LogP contribution in [-0.2, 0) is 0 Å². The molecule has 0 aliphatic heterocycles. The summed E-state index contributed by atoms with van der Waals surface area (Å²) in [6.45, 7) is 0. The third-order valence-electron chi connectivity index (χ3n) is 1.29. The summed E-state index contributed by atoms with van der Waals surface area (Å²) in [7, 11) is 0. The minimum Gasteiger partial charge on any atom is -0.234 e. The summed E-state index contributed by atoms with van der Waals surface area (Å²) in [5, 5.41) is 8.54. The molecule has 0 fully saturated rings. The second-order valence-electron chi connectivity index (χ2n) is 2.10. The Balaban J connectivity index is 3.41. The molecule has 68 valence electrons. The van der Waals surface area contributed by atoms with Crippen LogP contribution in [0.25, 0.3) is 0 Å². The summed E-state index contributed by atoms with van der Waals surface area (Å²) in [6.07, 6.45) is -2.78. The first-order valence-corrected chi connectivity index (χ1v) is 4.56. The highest BCUT2D eigenvalue weighted by molar-refractivity contribution is 14.1. The number of alkyl halides is 2. The van der Waals surface area contributed by atoms with E-state index in [0.29, 0.717) is 3.57 Å². The molecule has 2 nitrogen and oxygen atoms in total. The van der Waals surface area contributed by atoms with Crippen LogP contribution in [0.1, 0.15) is 17.7 Å². The molecular weight excluding hydrogens is 312 g/mol. The van der Waals surface area contributed by atoms with E-state index < -0.39 is 12.1 Å². The molecule has 0 N–H and O–H groups in total. The van der Waals surface area contributed by atoms with E-state index in [1.165, 1.54) is 6.07 Å². The number of pyridine rings is 1. The lowest BCUT2D eigenvalue weighted by Crippen LogP contribution is -1.98. The fraction of sp³-hybridized carbons (Fsp3) is 0.143. The summed E-state index contributed by atoms with van der Waals surface area (Å²) in [5.41, 5.74) is -0.667. The molecule has 13 heavy (non-hydrogen) atoms. The Morgan fingerprint density at radius 3 is 2.69 bits per heavy atom. The number of aromatic nitrogens is 1. The first-order valence-electron chi connectivity index (χ1n) is 3.10. The monoisotopic (exact) mass is 314 g/mol. The first kappa shape index (κ1) is 10.6. The summed E-state index contributed by atoms with van der Waals surface area (Å²) in [4.78, 5) is 3.39. The normalized spacial score (nSPS) is 10.2. The van der Waals surface area contributed by atoms with Crippen molar-refractivity contribution in [1.29, 1.82) is 5.26 Å². The van der Waals surface area contributed by atoms with Gasteiger partial charge in [-0.1, -0.05) is 11.6 Å². The van der Waals surface area contributed by atoms with Crippen molar-refractivity contribution in [3.05, 3.63) is 26.0 Å². The fourth-order valence-corrected chi connectivity index (χ4v) is 1.85. The maximum atomic E-state index is 12.3. The molecule has 0 spiro atoms. The van der Waals surface area contributed by atoms with E-state index in [2.05, 4.69) is 4.98 Å². The van der Waals surface area contributed by atoms with Gasteiger partial charge in [-0.05, 0) is 28.7 Å². The molecule has 0 aliphatic carbocycles. The number of nitriles is 1. The van der Waals surface area contributed by atoms with Crippen molar-refractivity contribution in [3.8, 4) is 6.07 Å². The topological polar surface area (TPSA) is 36.7 Å². The smallest absolute Gasteiger partial charge is 0.234 e. The Morgan fingerprint density at radius 2 is 2.23 bits per heavy atom. The number of hydrogen-bond acceptors (Lipinski definition) is 2. The molecule has 0 radical (unpaired) electrons. The van der Waals surface area contributed by atoms with Gasteiger partial charge in [0.25, 0.3) is 6.43 Å². The Labute approximate surface area is 91.7 Å². The van der Waals surface area contributed by atoms with Crippen LogP contribution in [0.4, 0.5) is 8.78 Å². The lowest BCUT2D eigenvalue weighted by molar-refractivity contribution is 0.145. The van der Waals surface area contributed by atoms with Gasteiger partial charge in [-0.25, -0.2) is 13.8 Å². The fourth-order valence-electron chi connectivity index (χ4n) is 0.771. The van der Waals surface area contributed by atoms with Crippen molar-refractivity contribution in [3.63, 3.8) is 0 Å². The van der Waals surface area contributed by atoms with Gasteiger partial charge in [0.2, 0.25) is 0 Å². The first-order chi connectivity index (χ1) is 6.06. The van der Waals surface area contributed by atoms with Crippen LogP contribution in [-0.4, -0.2) is 4.98 Å². The van der Waals surface area contributed by atoms with Crippen molar-refractivity contribution in [2.24, 2.45) is 0 Å². The van der Waals surface area contributed by atoms with Gasteiger partial charge in [-0.2, -0.15) is 5.26 Å². The highest BCUT2D eigenvalue weighted by atomic mass is 127. The molecule has 6 heteroatoms. The van der Waals surface area contributed by atoms with E-state index >= 15 is 0 Å². The second-order valence-corrected chi connectivity index (χ2v) is 3.65. The maximum Gasteiger partial charge on any atom is 0.281 e. The van der Waals surface area contributed by atoms with Crippen LogP contribution < -0.4 is 0 Å². The standard InChI is InChI=1S/C7H2ClF2IN2/c8-5-1-4(11)3(2-12)6(13-5)7(9)10/h1,7H. The number of rotatable bonds is 1. The predicted molar refractivity (Wildman–Crippen MR) is 51.6 cm³/mol. The Morgan fingerprint density at radius 1 is 1.62 bits per heavy atom.